The lowest BCUT2D eigenvalue weighted by Gasteiger charge is -2.33. The maximum Gasteiger partial charge on any atom is 0.312 e. The van der Waals surface area contributed by atoms with Crippen LogP contribution in [-0.2, 0) is 11.3 Å². The second-order valence-corrected chi connectivity index (χ2v) is 5.06. The normalized spacial score (nSPS) is 17.6. The summed E-state index contributed by atoms with van der Waals surface area (Å²) in [5, 5.41) is 9.71. The van der Waals surface area contributed by atoms with Gasteiger partial charge in [-0.3, -0.25) is 9.78 Å². The first kappa shape index (κ1) is 12.9. The fraction of sp³-hybridized carbons (Fsp3) is 0.214. The lowest BCUT2D eigenvalue weighted by Crippen LogP contribution is -2.37. The van der Waals surface area contributed by atoms with Crippen molar-refractivity contribution < 1.29 is 9.90 Å². The quantitative estimate of drug-likeness (QED) is 0.919. The van der Waals surface area contributed by atoms with E-state index in [9.17, 15) is 9.90 Å². The number of carbonyl (C=O) groups is 1. The zero-order valence-corrected chi connectivity index (χ0v) is 11.3. The van der Waals surface area contributed by atoms with Gasteiger partial charge in [0.25, 0.3) is 0 Å². The molecule has 1 N–H and O–H groups in total. The molecular weight excluding hydrogens is 278 g/mol. The van der Waals surface area contributed by atoms with Crippen LogP contribution in [0.25, 0.3) is 0 Å². The van der Waals surface area contributed by atoms with E-state index in [2.05, 4.69) is 9.97 Å². The van der Waals surface area contributed by atoms with Crippen molar-refractivity contribution in [3.63, 3.8) is 0 Å². The zero-order valence-electron chi connectivity index (χ0n) is 10.5. The van der Waals surface area contributed by atoms with Gasteiger partial charge in [-0.05, 0) is 11.1 Å². The summed E-state index contributed by atoms with van der Waals surface area (Å²) in [6, 6.07) is 7.58. The Labute approximate surface area is 120 Å². The molecule has 0 amide bonds. The predicted molar refractivity (Wildman–Crippen MR) is 74.9 cm³/mol. The molecule has 0 saturated heterocycles. The maximum absolute atomic E-state index is 11.5. The molecule has 1 unspecified atom stereocenters. The Bertz CT molecular complexity index is 662. The van der Waals surface area contributed by atoms with Crippen LogP contribution in [0.3, 0.4) is 0 Å². The summed E-state index contributed by atoms with van der Waals surface area (Å²) in [7, 11) is 0. The number of rotatable bonds is 2. The van der Waals surface area contributed by atoms with Gasteiger partial charge in [-0.25, -0.2) is 4.98 Å². The number of carboxylic acid groups (broad SMARTS) is 1. The van der Waals surface area contributed by atoms with Gasteiger partial charge in [0, 0.05) is 13.1 Å². The van der Waals surface area contributed by atoms with Crippen LogP contribution in [0.5, 0.6) is 0 Å². The second-order valence-electron chi connectivity index (χ2n) is 4.67. The molecule has 1 atom stereocenters. The second kappa shape index (κ2) is 5.09. The first-order valence-electron chi connectivity index (χ1n) is 6.18. The number of aromatic nitrogens is 2. The molecule has 102 valence electrons. The fourth-order valence-corrected chi connectivity index (χ4v) is 2.62. The number of hydrogen-bond acceptors (Lipinski definition) is 4. The van der Waals surface area contributed by atoms with Gasteiger partial charge in [-0.2, -0.15) is 0 Å². The van der Waals surface area contributed by atoms with Crippen LogP contribution < -0.4 is 4.90 Å². The minimum Gasteiger partial charge on any atom is -0.481 e. The molecule has 0 bridgehead atoms. The van der Waals surface area contributed by atoms with Gasteiger partial charge < -0.3 is 10.0 Å². The van der Waals surface area contributed by atoms with E-state index >= 15 is 0 Å². The Balaban J connectivity index is 2.00. The van der Waals surface area contributed by atoms with Gasteiger partial charge in [0.05, 0.1) is 18.3 Å². The summed E-state index contributed by atoms with van der Waals surface area (Å²) in [5.74, 6) is -0.809. The number of nitrogens with zero attached hydrogens (tertiary/aromatic N) is 3. The average Bonchev–Trinajstić information content (AvgIpc) is 2.46. The molecule has 1 aromatic carbocycles. The molecule has 0 aliphatic carbocycles. The first-order valence-corrected chi connectivity index (χ1v) is 6.56. The molecule has 2 aromatic rings. The van der Waals surface area contributed by atoms with Gasteiger partial charge in [-0.15, -0.1) is 0 Å². The minimum absolute atomic E-state index is 0.299. The highest BCUT2D eigenvalue weighted by atomic mass is 35.5. The van der Waals surface area contributed by atoms with Gasteiger partial charge >= 0.3 is 5.97 Å². The highest BCUT2D eigenvalue weighted by Gasteiger charge is 2.30. The third-order valence-corrected chi connectivity index (χ3v) is 3.59. The minimum atomic E-state index is -0.836. The average molecular weight is 290 g/mol. The zero-order chi connectivity index (χ0) is 14.1. The van der Waals surface area contributed by atoms with Crippen LogP contribution in [-0.4, -0.2) is 27.6 Å². The number of anilines is 1. The summed E-state index contributed by atoms with van der Waals surface area (Å²) in [6.45, 7) is 0.969. The Hall–Kier alpha value is -2.14. The van der Waals surface area contributed by atoms with Crippen molar-refractivity contribution in [2.75, 3.05) is 11.4 Å². The summed E-state index contributed by atoms with van der Waals surface area (Å²) in [6.07, 6.45) is 3.05. The Morgan fingerprint density at radius 2 is 2.15 bits per heavy atom. The lowest BCUT2D eigenvalue weighted by molar-refractivity contribution is -0.138. The fourth-order valence-electron chi connectivity index (χ4n) is 2.48. The summed E-state index contributed by atoms with van der Waals surface area (Å²) in [4.78, 5) is 21.6. The Morgan fingerprint density at radius 3 is 2.90 bits per heavy atom. The number of halogens is 1. The van der Waals surface area contributed by atoms with Gasteiger partial charge in [-0.1, -0.05) is 35.9 Å². The van der Waals surface area contributed by atoms with Crippen molar-refractivity contribution in [3.05, 3.63) is 52.9 Å². The largest absolute Gasteiger partial charge is 0.481 e. The third kappa shape index (κ3) is 2.32. The van der Waals surface area contributed by atoms with Crippen molar-refractivity contribution in [1.29, 1.82) is 0 Å². The third-order valence-electron chi connectivity index (χ3n) is 3.41. The molecule has 2 heterocycles. The van der Waals surface area contributed by atoms with Gasteiger partial charge in [0.1, 0.15) is 11.0 Å². The number of benzene rings is 1. The number of hydrogen-bond donors (Lipinski definition) is 1. The summed E-state index contributed by atoms with van der Waals surface area (Å²) < 4.78 is 0. The summed E-state index contributed by atoms with van der Waals surface area (Å²) in [5.41, 5.74) is 1.86. The predicted octanol–water partition coefficient (Wildman–Crippen LogP) is 2.32. The van der Waals surface area contributed by atoms with Crippen LogP contribution in [0.1, 0.15) is 17.0 Å². The SMILES string of the molecule is O=C(O)C1CN(c2cncc(Cl)n2)Cc2ccccc21. The smallest absolute Gasteiger partial charge is 0.312 e. The highest BCUT2D eigenvalue weighted by Crippen LogP contribution is 2.30. The molecule has 5 nitrogen and oxygen atoms in total. The van der Waals surface area contributed by atoms with Crippen molar-refractivity contribution in [2.24, 2.45) is 0 Å². The molecule has 1 aliphatic rings. The Morgan fingerprint density at radius 1 is 1.35 bits per heavy atom. The Kier molecular flexibility index (Phi) is 3.28. The van der Waals surface area contributed by atoms with Crippen molar-refractivity contribution in [1.82, 2.24) is 9.97 Å². The molecule has 1 aliphatic heterocycles. The van der Waals surface area contributed by atoms with E-state index in [1.54, 1.807) is 6.20 Å². The first-order chi connectivity index (χ1) is 9.65. The maximum atomic E-state index is 11.5. The van der Waals surface area contributed by atoms with E-state index in [1.165, 1.54) is 6.20 Å². The molecule has 20 heavy (non-hydrogen) atoms. The monoisotopic (exact) mass is 289 g/mol. The lowest BCUT2D eigenvalue weighted by atomic mass is 9.90. The van der Waals surface area contributed by atoms with Crippen molar-refractivity contribution in [3.8, 4) is 0 Å². The van der Waals surface area contributed by atoms with Crippen LogP contribution in [0, 0.1) is 0 Å². The molecular formula is C14H12ClN3O2. The summed E-state index contributed by atoms with van der Waals surface area (Å²) >= 11 is 5.85. The van der Waals surface area contributed by atoms with Crippen LogP contribution in [0.15, 0.2) is 36.7 Å². The topological polar surface area (TPSA) is 66.3 Å². The van der Waals surface area contributed by atoms with E-state index in [4.69, 9.17) is 11.6 Å². The molecule has 6 heteroatoms. The number of aliphatic carboxylic acids is 1. The van der Waals surface area contributed by atoms with Crippen LogP contribution in [0.2, 0.25) is 5.15 Å². The van der Waals surface area contributed by atoms with Crippen LogP contribution >= 0.6 is 11.6 Å². The molecule has 0 saturated carbocycles. The van der Waals surface area contributed by atoms with E-state index in [1.807, 2.05) is 29.2 Å². The molecule has 0 fully saturated rings. The standard InChI is InChI=1S/C14H12ClN3O2/c15-12-5-16-6-13(17-12)18-7-9-3-1-2-4-10(9)11(8-18)14(19)20/h1-6,11H,7-8H2,(H,19,20). The van der Waals surface area contributed by atoms with Crippen molar-refractivity contribution in [2.45, 2.75) is 12.5 Å². The van der Waals surface area contributed by atoms with Crippen molar-refractivity contribution >= 4 is 23.4 Å². The number of fused-ring (bicyclic) bond motifs is 1. The highest BCUT2D eigenvalue weighted by molar-refractivity contribution is 6.29. The van der Waals surface area contributed by atoms with Gasteiger partial charge in [0.2, 0.25) is 0 Å². The number of carboxylic acids is 1. The van der Waals surface area contributed by atoms with E-state index < -0.39 is 11.9 Å². The van der Waals surface area contributed by atoms with Crippen LogP contribution in [0.4, 0.5) is 5.82 Å². The van der Waals surface area contributed by atoms with E-state index in [0.29, 0.717) is 24.1 Å². The molecule has 0 spiro atoms. The van der Waals surface area contributed by atoms with Gasteiger partial charge in [0.15, 0.2) is 0 Å². The molecule has 3 rings (SSSR count). The molecule has 1 aromatic heterocycles. The van der Waals surface area contributed by atoms with E-state index in [-0.39, 0.29) is 0 Å². The van der Waals surface area contributed by atoms with E-state index in [0.717, 1.165) is 11.1 Å². The molecule has 0 radical (unpaired) electrons.